The summed E-state index contributed by atoms with van der Waals surface area (Å²) in [4.78, 5) is 17.8. The zero-order valence-electron chi connectivity index (χ0n) is 18.2. The van der Waals surface area contributed by atoms with Crippen LogP contribution >= 0.6 is 22.9 Å². The summed E-state index contributed by atoms with van der Waals surface area (Å²) < 4.78 is 19.2. The first-order valence-corrected chi connectivity index (χ1v) is 11.9. The van der Waals surface area contributed by atoms with Crippen molar-refractivity contribution in [3.8, 4) is 5.75 Å². The van der Waals surface area contributed by atoms with Crippen molar-refractivity contribution >= 4 is 28.8 Å². The van der Waals surface area contributed by atoms with Crippen molar-refractivity contribution in [2.24, 2.45) is 0 Å². The van der Waals surface area contributed by atoms with E-state index in [2.05, 4.69) is 24.8 Å². The highest BCUT2D eigenvalue weighted by atomic mass is 35.5. The van der Waals surface area contributed by atoms with Gasteiger partial charge in [0.05, 0.1) is 4.88 Å². The van der Waals surface area contributed by atoms with E-state index in [1.807, 2.05) is 28.5 Å². The highest BCUT2D eigenvalue weighted by Crippen LogP contribution is 2.23. The third-order valence-electron chi connectivity index (χ3n) is 5.53. The molecule has 1 aromatic heterocycles. The number of carbonyl (C=O) groups is 1. The lowest BCUT2D eigenvalue weighted by atomic mass is 10.1. The second-order valence-corrected chi connectivity index (χ2v) is 9.55. The van der Waals surface area contributed by atoms with E-state index in [0.717, 1.165) is 34.8 Å². The molecule has 1 aliphatic heterocycles. The Morgan fingerprint density at radius 1 is 1.06 bits per heavy atom. The molecule has 168 valence electrons. The Kier molecular flexibility index (Phi) is 7.13. The predicted octanol–water partition coefficient (Wildman–Crippen LogP) is 5.69. The van der Waals surface area contributed by atoms with Crippen LogP contribution in [-0.2, 0) is 13.2 Å². The Morgan fingerprint density at radius 3 is 2.47 bits per heavy atom. The number of amides is 1. The lowest BCUT2D eigenvalue weighted by molar-refractivity contribution is 0.0633. The smallest absolute Gasteiger partial charge is 0.264 e. The first-order chi connectivity index (χ1) is 15.4. The van der Waals surface area contributed by atoms with E-state index >= 15 is 0 Å². The van der Waals surface area contributed by atoms with Gasteiger partial charge in [0.15, 0.2) is 0 Å². The quantitative estimate of drug-likeness (QED) is 0.461. The molecule has 4 rings (SSSR count). The van der Waals surface area contributed by atoms with Crippen LogP contribution in [0, 0.1) is 19.7 Å². The van der Waals surface area contributed by atoms with Crippen LogP contribution in [0.5, 0.6) is 5.75 Å². The van der Waals surface area contributed by atoms with Crippen LogP contribution in [0.3, 0.4) is 0 Å². The van der Waals surface area contributed by atoms with Crippen molar-refractivity contribution in [2.75, 3.05) is 26.2 Å². The molecule has 0 saturated carbocycles. The molecule has 2 heterocycles. The monoisotopic (exact) mass is 472 g/mol. The Hall–Kier alpha value is -2.41. The molecule has 1 fully saturated rings. The third-order valence-corrected chi connectivity index (χ3v) is 6.85. The third kappa shape index (κ3) is 5.68. The Morgan fingerprint density at radius 2 is 1.78 bits per heavy atom. The van der Waals surface area contributed by atoms with Gasteiger partial charge in [-0.1, -0.05) is 23.7 Å². The van der Waals surface area contributed by atoms with Crippen molar-refractivity contribution in [1.29, 1.82) is 0 Å². The average Bonchev–Trinajstić information content (AvgIpc) is 3.23. The van der Waals surface area contributed by atoms with Gasteiger partial charge in [0.1, 0.15) is 18.2 Å². The van der Waals surface area contributed by atoms with Gasteiger partial charge in [-0.2, -0.15) is 0 Å². The minimum Gasteiger partial charge on any atom is -0.489 e. The minimum atomic E-state index is -0.330. The molecule has 0 atom stereocenters. The SMILES string of the molecule is Cc1cc(C)cc(OCc2csc(C(=O)N3CCN(Cc4ccc(F)cc4Cl)CC3)c2)c1. The van der Waals surface area contributed by atoms with E-state index in [9.17, 15) is 9.18 Å². The van der Waals surface area contributed by atoms with Gasteiger partial charge in [-0.25, -0.2) is 4.39 Å². The summed E-state index contributed by atoms with van der Waals surface area (Å²) >= 11 is 7.61. The zero-order chi connectivity index (χ0) is 22.7. The van der Waals surface area contributed by atoms with Gasteiger partial charge in [-0.05, 0) is 66.2 Å². The van der Waals surface area contributed by atoms with Gasteiger partial charge >= 0.3 is 0 Å². The molecule has 3 aromatic rings. The van der Waals surface area contributed by atoms with Crippen molar-refractivity contribution in [1.82, 2.24) is 9.80 Å². The molecule has 0 radical (unpaired) electrons. The van der Waals surface area contributed by atoms with E-state index < -0.39 is 0 Å². The molecule has 1 saturated heterocycles. The number of rotatable bonds is 6. The standard InChI is InChI=1S/C25H26ClFN2O2S/c1-17-9-18(2)11-22(10-17)31-15-19-12-24(32-16-19)25(30)29-7-5-28(6-8-29)14-20-3-4-21(27)13-23(20)26/h3-4,9-13,16H,5-8,14-15H2,1-2H3. The van der Waals surface area contributed by atoms with Crippen LogP contribution in [-0.4, -0.2) is 41.9 Å². The zero-order valence-corrected chi connectivity index (χ0v) is 19.8. The molecular weight excluding hydrogens is 447 g/mol. The lowest BCUT2D eigenvalue weighted by Gasteiger charge is -2.34. The van der Waals surface area contributed by atoms with Gasteiger partial charge in [0, 0.05) is 43.3 Å². The minimum absolute atomic E-state index is 0.0621. The number of ether oxygens (including phenoxy) is 1. The fourth-order valence-corrected chi connectivity index (χ4v) is 4.99. The number of piperazine rings is 1. The highest BCUT2D eigenvalue weighted by molar-refractivity contribution is 7.12. The molecule has 7 heteroatoms. The van der Waals surface area contributed by atoms with Crippen LogP contribution in [0.4, 0.5) is 4.39 Å². The molecule has 0 N–H and O–H groups in total. The molecule has 4 nitrogen and oxygen atoms in total. The molecule has 32 heavy (non-hydrogen) atoms. The van der Waals surface area contributed by atoms with Crippen LogP contribution in [0.1, 0.15) is 31.9 Å². The van der Waals surface area contributed by atoms with E-state index in [-0.39, 0.29) is 11.7 Å². The molecule has 0 unspecified atom stereocenters. The molecule has 1 amide bonds. The number of hydrogen-bond donors (Lipinski definition) is 0. The number of thiophene rings is 1. The van der Waals surface area contributed by atoms with E-state index in [0.29, 0.717) is 31.3 Å². The van der Waals surface area contributed by atoms with Crippen molar-refractivity contribution in [2.45, 2.75) is 27.0 Å². The Bertz CT molecular complexity index is 1090. The Labute approximate surface area is 197 Å². The topological polar surface area (TPSA) is 32.8 Å². The summed E-state index contributed by atoms with van der Waals surface area (Å²) in [5, 5.41) is 2.43. The predicted molar refractivity (Wildman–Crippen MR) is 127 cm³/mol. The van der Waals surface area contributed by atoms with Crippen LogP contribution in [0.25, 0.3) is 0 Å². The van der Waals surface area contributed by atoms with Crippen molar-refractivity contribution in [3.05, 3.63) is 85.8 Å². The lowest BCUT2D eigenvalue weighted by Crippen LogP contribution is -2.48. The largest absolute Gasteiger partial charge is 0.489 e. The first kappa shape index (κ1) is 22.8. The summed E-state index contributed by atoms with van der Waals surface area (Å²) in [6, 6.07) is 12.6. The molecular formula is C25H26ClFN2O2S. The fourth-order valence-electron chi connectivity index (χ4n) is 3.90. The summed E-state index contributed by atoms with van der Waals surface area (Å²) in [6.07, 6.45) is 0. The molecule has 0 spiro atoms. The molecule has 1 aliphatic rings. The maximum absolute atomic E-state index is 13.2. The van der Waals surface area contributed by atoms with Crippen LogP contribution < -0.4 is 4.74 Å². The highest BCUT2D eigenvalue weighted by Gasteiger charge is 2.23. The number of hydrogen-bond acceptors (Lipinski definition) is 4. The van der Waals surface area contributed by atoms with Crippen molar-refractivity contribution in [3.63, 3.8) is 0 Å². The van der Waals surface area contributed by atoms with Gasteiger partial charge in [-0.3, -0.25) is 9.69 Å². The van der Waals surface area contributed by atoms with Gasteiger partial charge in [0.25, 0.3) is 5.91 Å². The number of halogens is 2. The van der Waals surface area contributed by atoms with Gasteiger partial charge in [-0.15, -0.1) is 11.3 Å². The molecule has 0 bridgehead atoms. The van der Waals surface area contributed by atoms with E-state index in [1.165, 1.54) is 34.6 Å². The second-order valence-electron chi connectivity index (χ2n) is 8.24. The second kappa shape index (κ2) is 10.0. The van der Waals surface area contributed by atoms with Crippen LogP contribution in [0.15, 0.2) is 47.8 Å². The summed E-state index contributed by atoms with van der Waals surface area (Å²) in [5.41, 5.74) is 4.24. The molecule has 0 aliphatic carbocycles. The number of benzene rings is 2. The summed E-state index contributed by atoms with van der Waals surface area (Å²) in [7, 11) is 0. The van der Waals surface area contributed by atoms with Crippen LogP contribution in [0.2, 0.25) is 5.02 Å². The maximum Gasteiger partial charge on any atom is 0.264 e. The van der Waals surface area contributed by atoms with Gasteiger partial charge in [0.2, 0.25) is 0 Å². The van der Waals surface area contributed by atoms with Crippen molar-refractivity contribution < 1.29 is 13.9 Å². The first-order valence-electron chi connectivity index (χ1n) is 10.6. The number of nitrogens with zero attached hydrogens (tertiary/aromatic N) is 2. The fraction of sp³-hybridized carbons (Fsp3) is 0.320. The van der Waals surface area contributed by atoms with E-state index in [1.54, 1.807) is 6.07 Å². The number of carbonyl (C=O) groups excluding carboxylic acids is 1. The average molecular weight is 473 g/mol. The normalized spacial score (nSPS) is 14.6. The summed E-state index contributed by atoms with van der Waals surface area (Å²) in [5.74, 6) is 0.579. The Balaban J connectivity index is 1.29. The maximum atomic E-state index is 13.2. The number of aryl methyl sites for hydroxylation is 2. The summed E-state index contributed by atoms with van der Waals surface area (Å²) in [6.45, 7) is 8.03. The van der Waals surface area contributed by atoms with Gasteiger partial charge < -0.3 is 9.64 Å². The molecule has 2 aromatic carbocycles. The van der Waals surface area contributed by atoms with E-state index in [4.69, 9.17) is 16.3 Å².